The van der Waals surface area contributed by atoms with E-state index in [0.717, 1.165) is 36.4 Å². The van der Waals surface area contributed by atoms with Crippen molar-refractivity contribution in [3.05, 3.63) is 57.1 Å². The SMILES string of the molecule is O=C(CN1CCC[C@H]1c1ccc2c(c1)OCCO2)Nc1cc(Cl)ccc1[N+](=O)[O-]. The Bertz CT molecular complexity index is 952. The van der Waals surface area contributed by atoms with Gasteiger partial charge in [0.15, 0.2) is 11.5 Å². The summed E-state index contributed by atoms with van der Waals surface area (Å²) in [5, 5.41) is 14.1. The first kappa shape index (κ1) is 19.5. The number of amides is 1. The molecule has 2 heterocycles. The zero-order chi connectivity index (χ0) is 20.4. The molecule has 29 heavy (non-hydrogen) atoms. The molecule has 0 aliphatic carbocycles. The van der Waals surface area contributed by atoms with E-state index in [1.54, 1.807) is 0 Å². The Balaban J connectivity index is 1.47. The Kier molecular flexibility index (Phi) is 5.55. The Morgan fingerprint density at radius 1 is 1.21 bits per heavy atom. The van der Waals surface area contributed by atoms with Gasteiger partial charge in [-0.05, 0) is 49.2 Å². The van der Waals surface area contributed by atoms with Crippen LogP contribution in [0.1, 0.15) is 24.4 Å². The predicted molar refractivity (Wildman–Crippen MR) is 108 cm³/mol. The number of likely N-dealkylation sites (tertiary alicyclic amines) is 1. The van der Waals surface area contributed by atoms with Gasteiger partial charge in [0, 0.05) is 17.1 Å². The highest BCUT2D eigenvalue weighted by Gasteiger charge is 2.29. The van der Waals surface area contributed by atoms with Crippen LogP contribution in [-0.2, 0) is 4.79 Å². The van der Waals surface area contributed by atoms with Crippen LogP contribution in [0.2, 0.25) is 5.02 Å². The number of nitrogens with one attached hydrogen (secondary N) is 1. The van der Waals surface area contributed by atoms with E-state index in [4.69, 9.17) is 21.1 Å². The van der Waals surface area contributed by atoms with E-state index in [9.17, 15) is 14.9 Å². The first-order valence-corrected chi connectivity index (χ1v) is 9.76. The van der Waals surface area contributed by atoms with E-state index in [1.165, 1.54) is 18.2 Å². The molecule has 152 valence electrons. The van der Waals surface area contributed by atoms with Gasteiger partial charge in [0.1, 0.15) is 18.9 Å². The molecule has 0 saturated carbocycles. The first-order chi connectivity index (χ1) is 14.0. The van der Waals surface area contributed by atoms with Crippen molar-refractivity contribution in [2.24, 2.45) is 0 Å². The van der Waals surface area contributed by atoms with Crippen molar-refractivity contribution in [3.8, 4) is 11.5 Å². The minimum absolute atomic E-state index is 0.0749. The van der Waals surface area contributed by atoms with Gasteiger partial charge in [0.25, 0.3) is 5.69 Å². The normalized spacial score (nSPS) is 18.4. The maximum Gasteiger partial charge on any atom is 0.292 e. The number of benzene rings is 2. The number of halogens is 1. The average Bonchev–Trinajstić information content (AvgIpc) is 3.15. The number of nitro groups is 1. The van der Waals surface area contributed by atoms with E-state index in [0.29, 0.717) is 18.2 Å². The quantitative estimate of drug-likeness (QED) is 0.587. The van der Waals surface area contributed by atoms with Crippen molar-refractivity contribution in [2.75, 3.05) is 31.6 Å². The van der Waals surface area contributed by atoms with Crippen LogP contribution in [0.4, 0.5) is 11.4 Å². The van der Waals surface area contributed by atoms with Gasteiger partial charge in [-0.15, -0.1) is 0 Å². The van der Waals surface area contributed by atoms with Crippen molar-refractivity contribution in [1.29, 1.82) is 0 Å². The van der Waals surface area contributed by atoms with Gasteiger partial charge in [-0.3, -0.25) is 19.8 Å². The molecule has 4 rings (SSSR count). The van der Waals surface area contributed by atoms with Crippen molar-refractivity contribution in [1.82, 2.24) is 4.90 Å². The van der Waals surface area contributed by atoms with Gasteiger partial charge in [0.05, 0.1) is 11.5 Å². The van der Waals surface area contributed by atoms with Gasteiger partial charge in [-0.2, -0.15) is 0 Å². The number of hydrogen-bond acceptors (Lipinski definition) is 6. The van der Waals surface area contributed by atoms with Crippen LogP contribution >= 0.6 is 11.6 Å². The molecule has 2 aromatic rings. The second kappa shape index (κ2) is 8.26. The number of ether oxygens (including phenoxy) is 2. The molecule has 0 aromatic heterocycles. The third-order valence-corrected chi connectivity index (χ3v) is 5.33. The molecule has 1 saturated heterocycles. The molecular formula is C20H20ClN3O5. The standard InChI is InChI=1S/C20H20ClN3O5/c21-14-4-5-17(24(26)27)15(11-14)22-20(25)12-23-7-1-2-16(23)13-3-6-18-19(10-13)29-9-8-28-18/h3-6,10-11,16H,1-2,7-9,12H2,(H,22,25)/t16-/m0/s1. The van der Waals surface area contributed by atoms with Crippen LogP contribution in [0.3, 0.4) is 0 Å². The zero-order valence-electron chi connectivity index (χ0n) is 15.6. The minimum Gasteiger partial charge on any atom is -0.486 e. The molecular weight excluding hydrogens is 398 g/mol. The third kappa shape index (κ3) is 4.28. The van der Waals surface area contributed by atoms with Crippen LogP contribution in [-0.4, -0.2) is 42.0 Å². The summed E-state index contributed by atoms with van der Waals surface area (Å²) in [4.78, 5) is 25.3. The van der Waals surface area contributed by atoms with E-state index in [1.807, 2.05) is 18.2 Å². The number of nitrogens with zero attached hydrogens (tertiary/aromatic N) is 2. The van der Waals surface area contributed by atoms with Gasteiger partial charge in [-0.25, -0.2) is 0 Å². The average molecular weight is 418 g/mol. The molecule has 1 fully saturated rings. The molecule has 0 unspecified atom stereocenters. The van der Waals surface area contributed by atoms with Crippen LogP contribution < -0.4 is 14.8 Å². The molecule has 1 amide bonds. The van der Waals surface area contributed by atoms with Crippen LogP contribution in [0.25, 0.3) is 0 Å². The number of carbonyl (C=O) groups excluding carboxylic acids is 1. The van der Waals surface area contributed by atoms with Gasteiger partial charge < -0.3 is 14.8 Å². The molecule has 8 nitrogen and oxygen atoms in total. The molecule has 2 aliphatic heterocycles. The fraction of sp³-hybridized carbons (Fsp3) is 0.350. The Morgan fingerprint density at radius 3 is 2.79 bits per heavy atom. The van der Waals surface area contributed by atoms with Crippen LogP contribution in [0, 0.1) is 10.1 Å². The lowest BCUT2D eigenvalue weighted by Gasteiger charge is -2.26. The van der Waals surface area contributed by atoms with E-state index < -0.39 is 4.92 Å². The smallest absolute Gasteiger partial charge is 0.292 e. The third-order valence-electron chi connectivity index (χ3n) is 5.09. The number of anilines is 1. The van der Waals surface area contributed by atoms with E-state index in [2.05, 4.69) is 10.2 Å². The largest absolute Gasteiger partial charge is 0.486 e. The van der Waals surface area contributed by atoms with Gasteiger partial charge >= 0.3 is 0 Å². The fourth-order valence-electron chi connectivity index (χ4n) is 3.80. The Labute approximate surface area is 172 Å². The number of hydrogen-bond donors (Lipinski definition) is 1. The Hall–Kier alpha value is -2.84. The summed E-state index contributed by atoms with van der Waals surface area (Å²) >= 11 is 5.93. The molecule has 0 spiro atoms. The van der Waals surface area contributed by atoms with Crippen LogP contribution in [0.15, 0.2) is 36.4 Å². The molecule has 9 heteroatoms. The van der Waals surface area contributed by atoms with Crippen molar-refractivity contribution >= 4 is 28.9 Å². The highest BCUT2D eigenvalue weighted by atomic mass is 35.5. The second-order valence-corrected chi connectivity index (χ2v) is 7.43. The molecule has 2 aromatic carbocycles. The maximum absolute atomic E-state index is 12.6. The Morgan fingerprint density at radius 2 is 2.00 bits per heavy atom. The monoisotopic (exact) mass is 417 g/mol. The number of carbonyl (C=O) groups is 1. The van der Waals surface area contributed by atoms with E-state index in [-0.39, 0.29) is 29.9 Å². The molecule has 1 atom stereocenters. The summed E-state index contributed by atoms with van der Waals surface area (Å²) in [7, 11) is 0. The lowest BCUT2D eigenvalue weighted by atomic mass is 10.0. The van der Waals surface area contributed by atoms with E-state index >= 15 is 0 Å². The zero-order valence-corrected chi connectivity index (χ0v) is 16.4. The minimum atomic E-state index is -0.542. The number of rotatable bonds is 5. The van der Waals surface area contributed by atoms with Crippen molar-refractivity contribution < 1.29 is 19.2 Å². The summed E-state index contributed by atoms with van der Waals surface area (Å²) in [5.74, 6) is 1.13. The topological polar surface area (TPSA) is 93.9 Å². The number of nitro benzene ring substituents is 1. The van der Waals surface area contributed by atoms with Gasteiger partial charge in [-0.1, -0.05) is 17.7 Å². The molecule has 0 bridgehead atoms. The summed E-state index contributed by atoms with van der Waals surface area (Å²) in [6, 6.07) is 10.0. The molecule has 0 radical (unpaired) electrons. The predicted octanol–water partition coefficient (Wildman–Crippen LogP) is 3.80. The summed E-state index contributed by atoms with van der Waals surface area (Å²) < 4.78 is 11.2. The summed E-state index contributed by atoms with van der Waals surface area (Å²) in [6.07, 6.45) is 1.88. The highest BCUT2D eigenvalue weighted by molar-refractivity contribution is 6.31. The summed E-state index contributed by atoms with van der Waals surface area (Å²) in [5.41, 5.74) is 0.975. The molecule has 1 N–H and O–H groups in total. The molecule has 2 aliphatic rings. The lowest BCUT2D eigenvalue weighted by molar-refractivity contribution is -0.383. The second-order valence-electron chi connectivity index (χ2n) is 7.00. The maximum atomic E-state index is 12.6. The summed E-state index contributed by atoms with van der Waals surface area (Å²) in [6.45, 7) is 1.95. The van der Waals surface area contributed by atoms with Crippen molar-refractivity contribution in [2.45, 2.75) is 18.9 Å². The van der Waals surface area contributed by atoms with Crippen molar-refractivity contribution in [3.63, 3.8) is 0 Å². The first-order valence-electron chi connectivity index (χ1n) is 9.38. The fourth-order valence-corrected chi connectivity index (χ4v) is 3.97. The van der Waals surface area contributed by atoms with Crippen LogP contribution in [0.5, 0.6) is 11.5 Å². The van der Waals surface area contributed by atoms with Gasteiger partial charge in [0.2, 0.25) is 5.91 Å². The lowest BCUT2D eigenvalue weighted by Crippen LogP contribution is -2.33. The highest BCUT2D eigenvalue weighted by Crippen LogP contribution is 2.38. The number of fused-ring (bicyclic) bond motifs is 1.